The van der Waals surface area contributed by atoms with Gasteiger partial charge in [0.05, 0.1) is 0 Å². The lowest BCUT2D eigenvalue weighted by Crippen LogP contribution is -2.40. The summed E-state index contributed by atoms with van der Waals surface area (Å²) in [5.74, 6) is 1.01. The van der Waals surface area contributed by atoms with Gasteiger partial charge in [-0.3, -0.25) is 0 Å². The molecule has 108 valence electrons. The minimum Gasteiger partial charge on any atom is -0.508 e. The van der Waals surface area contributed by atoms with Crippen LogP contribution in [0.15, 0.2) is 24.3 Å². The molecule has 3 heteroatoms. The fourth-order valence-electron chi connectivity index (χ4n) is 2.45. The third-order valence-electron chi connectivity index (χ3n) is 3.20. The van der Waals surface area contributed by atoms with Gasteiger partial charge in [0, 0.05) is 18.6 Å². The predicted octanol–water partition coefficient (Wildman–Crippen LogP) is 3.02. The minimum atomic E-state index is 0.246. The monoisotopic (exact) mass is 264 g/mol. The Morgan fingerprint density at radius 1 is 1.21 bits per heavy atom. The van der Waals surface area contributed by atoms with Crippen LogP contribution in [0.5, 0.6) is 5.75 Å². The van der Waals surface area contributed by atoms with Crippen LogP contribution in [0.1, 0.15) is 38.8 Å². The van der Waals surface area contributed by atoms with E-state index in [4.69, 9.17) is 0 Å². The molecule has 0 saturated heterocycles. The molecule has 0 saturated carbocycles. The first kappa shape index (κ1) is 16.0. The number of rotatable bonds is 7. The van der Waals surface area contributed by atoms with Gasteiger partial charge < -0.3 is 15.3 Å². The van der Waals surface area contributed by atoms with Crippen molar-refractivity contribution in [2.75, 3.05) is 20.6 Å². The molecule has 1 aromatic rings. The maximum absolute atomic E-state index is 9.55. The van der Waals surface area contributed by atoms with Crippen LogP contribution in [0.4, 0.5) is 0 Å². The van der Waals surface area contributed by atoms with Crippen LogP contribution in [0.3, 0.4) is 0 Å². The summed E-state index contributed by atoms with van der Waals surface area (Å²) in [4.78, 5) is 2.22. The van der Waals surface area contributed by atoms with Crippen LogP contribution in [-0.2, 0) is 0 Å². The van der Waals surface area contributed by atoms with Crippen molar-refractivity contribution in [3.05, 3.63) is 29.8 Å². The molecule has 0 aliphatic rings. The van der Waals surface area contributed by atoms with Gasteiger partial charge in [0.2, 0.25) is 0 Å². The Morgan fingerprint density at radius 2 is 1.89 bits per heavy atom. The standard InChI is InChI=1S/C16H28N2O/c1-12(2)9-15(11-18(4)5)17-13(3)14-7-6-8-16(19)10-14/h6-8,10,12-13,15,17,19H,9,11H2,1-5H3. The van der Waals surface area contributed by atoms with Crippen molar-refractivity contribution in [1.29, 1.82) is 0 Å². The largest absolute Gasteiger partial charge is 0.508 e. The average Bonchev–Trinajstić information content (AvgIpc) is 2.26. The fourth-order valence-corrected chi connectivity index (χ4v) is 2.45. The van der Waals surface area contributed by atoms with Crippen LogP contribution in [0.2, 0.25) is 0 Å². The first-order valence-electron chi connectivity index (χ1n) is 7.08. The van der Waals surface area contributed by atoms with E-state index in [1.807, 2.05) is 12.1 Å². The first-order valence-corrected chi connectivity index (χ1v) is 7.08. The molecule has 0 spiro atoms. The van der Waals surface area contributed by atoms with Crippen LogP contribution < -0.4 is 5.32 Å². The zero-order valence-electron chi connectivity index (χ0n) is 12.9. The van der Waals surface area contributed by atoms with Crippen molar-refractivity contribution in [3.63, 3.8) is 0 Å². The van der Waals surface area contributed by atoms with E-state index in [1.54, 1.807) is 6.07 Å². The Morgan fingerprint density at radius 3 is 2.42 bits per heavy atom. The summed E-state index contributed by atoms with van der Waals surface area (Å²) in [5, 5.41) is 13.2. The van der Waals surface area contributed by atoms with Crippen LogP contribution >= 0.6 is 0 Å². The first-order chi connectivity index (χ1) is 8.88. The Hall–Kier alpha value is -1.06. The molecule has 0 aliphatic heterocycles. The summed E-state index contributed by atoms with van der Waals surface area (Å²) >= 11 is 0. The van der Waals surface area contributed by atoms with Gasteiger partial charge in [-0.05, 0) is 51.1 Å². The molecule has 2 N–H and O–H groups in total. The van der Waals surface area contributed by atoms with Crippen molar-refractivity contribution in [1.82, 2.24) is 10.2 Å². The number of aromatic hydroxyl groups is 1. The van der Waals surface area contributed by atoms with E-state index in [9.17, 15) is 5.11 Å². The van der Waals surface area contributed by atoms with Gasteiger partial charge in [0.25, 0.3) is 0 Å². The number of nitrogens with one attached hydrogen (secondary N) is 1. The molecule has 19 heavy (non-hydrogen) atoms. The maximum atomic E-state index is 9.55. The van der Waals surface area contributed by atoms with E-state index >= 15 is 0 Å². The van der Waals surface area contributed by atoms with Crippen molar-refractivity contribution >= 4 is 0 Å². The number of hydrogen-bond acceptors (Lipinski definition) is 3. The van der Waals surface area contributed by atoms with Crippen molar-refractivity contribution in [2.45, 2.75) is 39.3 Å². The lowest BCUT2D eigenvalue weighted by atomic mass is 10.0. The van der Waals surface area contributed by atoms with E-state index < -0.39 is 0 Å². The van der Waals surface area contributed by atoms with Gasteiger partial charge in [0.1, 0.15) is 5.75 Å². The number of hydrogen-bond donors (Lipinski definition) is 2. The van der Waals surface area contributed by atoms with E-state index in [2.05, 4.69) is 51.1 Å². The predicted molar refractivity (Wildman–Crippen MR) is 81.5 cm³/mol. The Bertz CT molecular complexity index is 367. The van der Waals surface area contributed by atoms with Gasteiger partial charge in [-0.1, -0.05) is 26.0 Å². The fraction of sp³-hybridized carbons (Fsp3) is 0.625. The molecule has 0 amide bonds. The van der Waals surface area contributed by atoms with E-state index in [-0.39, 0.29) is 6.04 Å². The smallest absolute Gasteiger partial charge is 0.115 e. The molecule has 1 aromatic carbocycles. The number of likely N-dealkylation sites (N-methyl/N-ethyl adjacent to an activating group) is 1. The van der Waals surface area contributed by atoms with Gasteiger partial charge in [-0.2, -0.15) is 0 Å². The molecule has 0 bridgehead atoms. The van der Waals surface area contributed by atoms with Crippen molar-refractivity contribution < 1.29 is 5.11 Å². The molecule has 0 heterocycles. The average molecular weight is 264 g/mol. The van der Waals surface area contributed by atoms with E-state index in [0.717, 1.165) is 18.5 Å². The number of benzene rings is 1. The topological polar surface area (TPSA) is 35.5 Å². The van der Waals surface area contributed by atoms with Crippen molar-refractivity contribution in [3.8, 4) is 5.75 Å². The van der Waals surface area contributed by atoms with E-state index in [0.29, 0.717) is 17.7 Å². The highest BCUT2D eigenvalue weighted by atomic mass is 16.3. The molecular formula is C16H28N2O. The lowest BCUT2D eigenvalue weighted by Gasteiger charge is -2.27. The van der Waals surface area contributed by atoms with Gasteiger partial charge >= 0.3 is 0 Å². The highest BCUT2D eigenvalue weighted by Gasteiger charge is 2.15. The summed E-state index contributed by atoms with van der Waals surface area (Å²) in [6.07, 6.45) is 1.15. The summed E-state index contributed by atoms with van der Waals surface area (Å²) in [6.45, 7) is 7.69. The highest BCUT2D eigenvalue weighted by molar-refractivity contribution is 5.29. The quantitative estimate of drug-likeness (QED) is 0.794. The second-order valence-corrected chi connectivity index (χ2v) is 6.07. The molecule has 3 nitrogen and oxygen atoms in total. The molecule has 2 atom stereocenters. The zero-order chi connectivity index (χ0) is 14.4. The summed E-state index contributed by atoms with van der Waals surface area (Å²) in [6, 6.07) is 8.20. The summed E-state index contributed by atoms with van der Waals surface area (Å²) in [7, 11) is 4.21. The molecule has 0 aliphatic carbocycles. The van der Waals surface area contributed by atoms with Gasteiger partial charge in [-0.15, -0.1) is 0 Å². The molecule has 1 rings (SSSR count). The number of nitrogens with zero attached hydrogens (tertiary/aromatic N) is 1. The van der Waals surface area contributed by atoms with E-state index in [1.165, 1.54) is 0 Å². The lowest BCUT2D eigenvalue weighted by molar-refractivity contribution is 0.290. The van der Waals surface area contributed by atoms with Crippen LogP contribution in [-0.4, -0.2) is 36.7 Å². The molecule has 2 unspecified atom stereocenters. The van der Waals surface area contributed by atoms with Gasteiger partial charge in [0.15, 0.2) is 0 Å². The third kappa shape index (κ3) is 6.08. The highest BCUT2D eigenvalue weighted by Crippen LogP contribution is 2.19. The molecule has 0 radical (unpaired) electrons. The Kier molecular flexibility index (Phi) is 6.32. The number of phenols is 1. The van der Waals surface area contributed by atoms with Crippen LogP contribution in [0, 0.1) is 5.92 Å². The normalized spacial score (nSPS) is 14.9. The second kappa shape index (κ2) is 7.51. The molecule has 0 aromatic heterocycles. The molecule has 0 fully saturated rings. The zero-order valence-corrected chi connectivity index (χ0v) is 12.9. The minimum absolute atomic E-state index is 0.246. The SMILES string of the molecule is CC(C)CC(CN(C)C)NC(C)c1cccc(O)c1. The summed E-state index contributed by atoms with van der Waals surface area (Å²) in [5.41, 5.74) is 1.13. The van der Waals surface area contributed by atoms with Crippen LogP contribution in [0.25, 0.3) is 0 Å². The Labute approximate surface area is 117 Å². The second-order valence-electron chi connectivity index (χ2n) is 6.07. The maximum Gasteiger partial charge on any atom is 0.115 e. The summed E-state index contributed by atoms with van der Waals surface area (Å²) < 4.78 is 0. The Balaban J connectivity index is 2.66. The van der Waals surface area contributed by atoms with Crippen molar-refractivity contribution in [2.24, 2.45) is 5.92 Å². The van der Waals surface area contributed by atoms with Gasteiger partial charge in [-0.25, -0.2) is 0 Å². The molecular weight excluding hydrogens is 236 g/mol. The number of phenolic OH excluding ortho intramolecular Hbond substituents is 1. The third-order valence-corrected chi connectivity index (χ3v) is 3.20.